The Morgan fingerprint density at radius 2 is 1.92 bits per heavy atom. The van der Waals surface area contributed by atoms with E-state index in [0.717, 1.165) is 10.4 Å². The van der Waals surface area contributed by atoms with Gasteiger partial charge in [-0.3, -0.25) is 4.79 Å². The molecule has 0 fully saturated rings. The molecule has 2 aromatic rings. The fourth-order valence-corrected chi connectivity index (χ4v) is 3.23. The van der Waals surface area contributed by atoms with Crippen molar-refractivity contribution in [2.75, 3.05) is 25.6 Å². The minimum Gasteiger partial charge on any atom is -0.497 e. The van der Waals surface area contributed by atoms with Crippen LogP contribution in [0.5, 0.6) is 11.5 Å². The van der Waals surface area contributed by atoms with E-state index in [1.165, 1.54) is 11.3 Å². The van der Waals surface area contributed by atoms with Gasteiger partial charge < -0.3 is 19.5 Å². The van der Waals surface area contributed by atoms with Crippen molar-refractivity contribution in [1.29, 1.82) is 0 Å². The number of ether oxygens (including phenoxy) is 3. The number of rotatable bonds is 7. The second-order valence-corrected chi connectivity index (χ2v) is 6.45. The van der Waals surface area contributed by atoms with Gasteiger partial charge in [0.15, 0.2) is 6.61 Å². The van der Waals surface area contributed by atoms with Gasteiger partial charge in [-0.2, -0.15) is 0 Å². The first kappa shape index (κ1) is 18.8. The molecule has 0 radical (unpaired) electrons. The molecule has 1 aromatic heterocycles. The zero-order valence-corrected chi connectivity index (χ0v) is 15.5. The summed E-state index contributed by atoms with van der Waals surface area (Å²) >= 11 is 1.34. The Kier molecular flexibility index (Phi) is 6.41. The number of carbonyl (C=O) groups excluding carboxylic acids is 2. The summed E-state index contributed by atoms with van der Waals surface area (Å²) in [5, 5.41) is 3.21. The summed E-state index contributed by atoms with van der Waals surface area (Å²) in [7, 11) is 1.56. The Bertz CT molecular complexity index is 769. The number of esters is 1. The molecule has 25 heavy (non-hydrogen) atoms. The van der Waals surface area contributed by atoms with Crippen molar-refractivity contribution in [2.24, 2.45) is 0 Å². The number of carbonyl (C=O) groups is 2. The number of aryl methyl sites for hydroxylation is 1. The summed E-state index contributed by atoms with van der Waals surface area (Å²) in [6, 6.07) is 6.99. The van der Waals surface area contributed by atoms with Gasteiger partial charge >= 0.3 is 5.97 Å². The fraction of sp³-hybridized carbons (Fsp3) is 0.333. The zero-order chi connectivity index (χ0) is 18.4. The highest BCUT2D eigenvalue weighted by atomic mass is 32.1. The summed E-state index contributed by atoms with van der Waals surface area (Å²) in [5.74, 6) is 0.383. The molecule has 7 heteroatoms. The second kappa shape index (κ2) is 8.53. The van der Waals surface area contributed by atoms with Crippen molar-refractivity contribution in [3.63, 3.8) is 0 Å². The fourth-order valence-electron chi connectivity index (χ4n) is 2.17. The van der Waals surface area contributed by atoms with Crippen molar-refractivity contribution in [1.82, 2.24) is 0 Å². The van der Waals surface area contributed by atoms with Gasteiger partial charge in [0.2, 0.25) is 0 Å². The molecule has 2 rings (SSSR count). The highest BCUT2D eigenvalue weighted by Gasteiger charge is 2.22. The van der Waals surface area contributed by atoms with E-state index >= 15 is 0 Å². The molecule has 0 atom stereocenters. The van der Waals surface area contributed by atoms with E-state index in [2.05, 4.69) is 5.32 Å². The normalized spacial score (nSPS) is 10.2. The van der Waals surface area contributed by atoms with E-state index in [-0.39, 0.29) is 19.1 Å². The van der Waals surface area contributed by atoms with Crippen molar-refractivity contribution < 1.29 is 23.8 Å². The smallest absolute Gasteiger partial charge is 0.341 e. The predicted octanol–water partition coefficient (Wildman–Crippen LogP) is 3.57. The summed E-state index contributed by atoms with van der Waals surface area (Å²) in [5.41, 5.74) is 1.21. The third-order valence-electron chi connectivity index (χ3n) is 3.53. The molecular formula is C18H21NO5S. The Morgan fingerprint density at radius 1 is 1.20 bits per heavy atom. The van der Waals surface area contributed by atoms with Gasteiger partial charge in [-0.25, -0.2) is 4.79 Å². The van der Waals surface area contributed by atoms with Gasteiger partial charge in [0.1, 0.15) is 16.5 Å². The maximum absolute atomic E-state index is 12.2. The van der Waals surface area contributed by atoms with Crippen LogP contribution < -0.4 is 14.8 Å². The molecule has 0 saturated heterocycles. The largest absolute Gasteiger partial charge is 0.497 e. The number of methoxy groups -OCH3 is 1. The highest BCUT2D eigenvalue weighted by molar-refractivity contribution is 7.16. The zero-order valence-electron chi connectivity index (χ0n) is 14.7. The molecule has 0 aliphatic heterocycles. The van der Waals surface area contributed by atoms with Crippen LogP contribution in [0.25, 0.3) is 0 Å². The third kappa shape index (κ3) is 4.73. The standard InChI is InChI=1S/C18H21NO5S/c1-5-23-18(21)16-11(2)12(3)25-17(16)19-15(20)10-24-14-8-6-7-13(9-14)22-4/h6-9H,5,10H2,1-4H3,(H,19,20). The Balaban J connectivity index is 2.05. The lowest BCUT2D eigenvalue weighted by Gasteiger charge is -2.09. The van der Waals surface area contributed by atoms with Gasteiger partial charge in [-0.05, 0) is 38.5 Å². The van der Waals surface area contributed by atoms with E-state index in [0.29, 0.717) is 22.1 Å². The summed E-state index contributed by atoms with van der Waals surface area (Å²) in [6.07, 6.45) is 0. The molecule has 0 spiro atoms. The van der Waals surface area contributed by atoms with Crippen LogP contribution in [0, 0.1) is 13.8 Å². The van der Waals surface area contributed by atoms with Crippen LogP contribution in [0.1, 0.15) is 27.7 Å². The molecule has 0 aliphatic carbocycles. The van der Waals surface area contributed by atoms with Crippen LogP contribution in [0.2, 0.25) is 0 Å². The summed E-state index contributed by atoms with van der Waals surface area (Å²) in [4.78, 5) is 25.3. The van der Waals surface area contributed by atoms with Crippen LogP contribution in [0.3, 0.4) is 0 Å². The second-order valence-electron chi connectivity index (χ2n) is 5.22. The molecule has 1 heterocycles. The van der Waals surface area contributed by atoms with E-state index in [1.54, 1.807) is 38.3 Å². The summed E-state index contributed by atoms with van der Waals surface area (Å²) < 4.78 is 15.6. The number of amides is 1. The van der Waals surface area contributed by atoms with Gasteiger partial charge in [-0.15, -0.1) is 11.3 Å². The number of hydrogen-bond acceptors (Lipinski definition) is 6. The first-order chi connectivity index (χ1) is 12.0. The molecule has 1 aromatic carbocycles. The van der Waals surface area contributed by atoms with E-state index in [1.807, 2.05) is 13.8 Å². The monoisotopic (exact) mass is 363 g/mol. The van der Waals surface area contributed by atoms with E-state index in [9.17, 15) is 9.59 Å². The van der Waals surface area contributed by atoms with Crippen LogP contribution in [-0.2, 0) is 9.53 Å². The van der Waals surface area contributed by atoms with E-state index in [4.69, 9.17) is 14.2 Å². The average Bonchev–Trinajstić information content (AvgIpc) is 2.87. The molecule has 0 bridgehead atoms. The average molecular weight is 363 g/mol. The Morgan fingerprint density at radius 3 is 2.60 bits per heavy atom. The van der Waals surface area contributed by atoms with Crippen molar-refractivity contribution in [2.45, 2.75) is 20.8 Å². The molecule has 134 valence electrons. The molecular weight excluding hydrogens is 342 g/mol. The number of anilines is 1. The SMILES string of the molecule is CCOC(=O)c1c(NC(=O)COc2cccc(OC)c2)sc(C)c1C. The Labute approximate surface area is 150 Å². The van der Waals surface area contributed by atoms with Gasteiger partial charge in [0.25, 0.3) is 5.91 Å². The predicted molar refractivity (Wildman–Crippen MR) is 96.9 cm³/mol. The van der Waals surface area contributed by atoms with Crippen molar-refractivity contribution in [3.8, 4) is 11.5 Å². The lowest BCUT2D eigenvalue weighted by molar-refractivity contribution is -0.118. The Hall–Kier alpha value is -2.54. The van der Waals surface area contributed by atoms with Crippen LogP contribution >= 0.6 is 11.3 Å². The number of nitrogens with one attached hydrogen (secondary N) is 1. The first-order valence-corrected chi connectivity index (χ1v) is 8.61. The number of thiophene rings is 1. The molecule has 0 unspecified atom stereocenters. The maximum Gasteiger partial charge on any atom is 0.341 e. The molecule has 0 saturated carbocycles. The van der Waals surface area contributed by atoms with Crippen molar-refractivity contribution >= 4 is 28.2 Å². The maximum atomic E-state index is 12.2. The molecule has 6 nitrogen and oxygen atoms in total. The molecule has 1 N–H and O–H groups in total. The quantitative estimate of drug-likeness (QED) is 0.761. The molecule has 0 aliphatic rings. The topological polar surface area (TPSA) is 73.9 Å². The van der Waals surface area contributed by atoms with E-state index < -0.39 is 5.97 Å². The highest BCUT2D eigenvalue weighted by Crippen LogP contribution is 2.33. The number of benzene rings is 1. The van der Waals surface area contributed by atoms with Gasteiger partial charge in [0, 0.05) is 10.9 Å². The lowest BCUT2D eigenvalue weighted by atomic mass is 10.1. The van der Waals surface area contributed by atoms with Crippen LogP contribution in [0.15, 0.2) is 24.3 Å². The minimum atomic E-state index is -0.437. The van der Waals surface area contributed by atoms with Gasteiger partial charge in [0.05, 0.1) is 19.3 Å². The van der Waals surface area contributed by atoms with Crippen molar-refractivity contribution in [3.05, 3.63) is 40.3 Å². The van der Waals surface area contributed by atoms with Crippen LogP contribution in [-0.4, -0.2) is 32.2 Å². The number of hydrogen-bond donors (Lipinski definition) is 1. The van der Waals surface area contributed by atoms with Crippen LogP contribution in [0.4, 0.5) is 5.00 Å². The van der Waals surface area contributed by atoms with Gasteiger partial charge in [-0.1, -0.05) is 6.07 Å². The first-order valence-electron chi connectivity index (χ1n) is 7.80. The third-order valence-corrected chi connectivity index (χ3v) is 4.65. The minimum absolute atomic E-state index is 0.175. The lowest BCUT2D eigenvalue weighted by Crippen LogP contribution is -2.21. The molecule has 1 amide bonds. The summed E-state index contributed by atoms with van der Waals surface area (Å²) in [6.45, 7) is 5.57.